The van der Waals surface area contributed by atoms with Gasteiger partial charge in [0.2, 0.25) is 0 Å². The van der Waals surface area contributed by atoms with Crippen LogP contribution in [-0.4, -0.2) is 0 Å². The fraction of sp³-hybridized carbons (Fsp3) is 0.368. The van der Waals surface area contributed by atoms with E-state index in [1.807, 2.05) is 0 Å². The number of benzene rings is 2. The lowest BCUT2D eigenvalue weighted by Gasteiger charge is -2.31. The van der Waals surface area contributed by atoms with Crippen molar-refractivity contribution in [3.05, 3.63) is 70.3 Å². The van der Waals surface area contributed by atoms with Crippen molar-refractivity contribution in [1.82, 2.24) is 0 Å². The molecule has 1 aliphatic rings. The Bertz CT molecular complexity index is 615. The predicted molar refractivity (Wildman–Crippen MR) is 85.0 cm³/mol. The zero-order chi connectivity index (χ0) is 14.1. The molecule has 104 valence electrons. The molecule has 1 heteroatoms. The number of hydrogen-bond donors (Lipinski definition) is 1. The van der Waals surface area contributed by atoms with Gasteiger partial charge < -0.3 is 5.73 Å². The van der Waals surface area contributed by atoms with Crippen LogP contribution in [0.4, 0.5) is 0 Å². The molecule has 0 saturated heterocycles. The van der Waals surface area contributed by atoms with Gasteiger partial charge in [-0.3, -0.25) is 0 Å². The third kappa shape index (κ3) is 2.38. The minimum absolute atomic E-state index is 0.108. The van der Waals surface area contributed by atoms with Gasteiger partial charge in [0.05, 0.1) is 0 Å². The van der Waals surface area contributed by atoms with E-state index in [1.165, 1.54) is 47.1 Å². The third-order valence-electron chi connectivity index (χ3n) is 4.63. The van der Waals surface area contributed by atoms with Crippen LogP contribution in [0.15, 0.2) is 42.5 Å². The minimum atomic E-state index is 0.108. The van der Waals surface area contributed by atoms with Gasteiger partial charge in [0, 0.05) is 12.0 Å². The lowest BCUT2D eigenvalue weighted by atomic mass is 9.76. The van der Waals surface area contributed by atoms with E-state index in [9.17, 15) is 0 Å². The van der Waals surface area contributed by atoms with Crippen LogP contribution in [0.5, 0.6) is 0 Å². The first-order valence-electron chi connectivity index (χ1n) is 7.57. The molecule has 0 fully saturated rings. The van der Waals surface area contributed by atoms with Crippen molar-refractivity contribution >= 4 is 0 Å². The third-order valence-corrected chi connectivity index (χ3v) is 4.63. The average Bonchev–Trinajstić information content (AvgIpc) is 2.46. The lowest BCUT2D eigenvalue weighted by Crippen LogP contribution is -2.24. The molecule has 1 aliphatic carbocycles. The van der Waals surface area contributed by atoms with E-state index < -0.39 is 0 Å². The maximum absolute atomic E-state index is 6.64. The molecule has 2 N–H and O–H groups in total. The standard InChI is InChI=1S/C19H23N/c1-13-10-11-16(14(2)12-13)19(20)18-9-5-7-15-6-3-4-8-17(15)18/h3-4,6,8,10-12,18-19H,5,7,9,20H2,1-2H3. The molecule has 2 unspecified atom stereocenters. The molecule has 3 rings (SSSR count). The van der Waals surface area contributed by atoms with Gasteiger partial charge in [-0.05, 0) is 55.4 Å². The summed E-state index contributed by atoms with van der Waals surface area (Å²) in [6.07, 6.45) is 3.65. The van der Waals surface area contributed by atoms with Crippen molar-refractivity contribution in [2.45, 2.75) is 45.1 Å². The molecule has 0 aromatic heterocycles. The van der Waals surface area contributed by atoms with E-state index in [2.05, 4.69) is 56.3 Å². The van der Waals surface area contributed by atoms with E-state index >= 15 is 0 Å². The van der Waals surface area contributed by atoms with Gasteiger partial charge in [0.1, 0.15) is 0 Å². The highest BCUT2D eigenvalue weighted by Gasteiger charge is 2.27. The van der Waals surface area contributed by atoms with E-state index in [0.717, 1.165) is 0 Å². The molecule has 1 nitrogen and oxygen atoms in total. The maximum Gasteiger partial charge on any atom is 0.0367 e. The SMILES string of the molecule is Cc1ccc(C(N)C2CCCc3ccccc32)c(C)c1. The van der Waals surface area contributed by atoms with Crippen LogP contribution in [-0.2, 0) is 6.42 Å². The second-order valence-corrected chi connectivity index (χ2v) is 6.08. The molecule has 20 heavy (non-hydrogen) atoms. The molecule has 0 heterocycles. The Hall–Kier alpha value is -1.60. The molecular weight excluding hydrogens is 242 g/mol. The van der Waals surface area contributed by atoms with E-state index in [0.29, 0.717) is 5.92 Å². The number of aryl methyl sites for hydroxylation is 3. The smallest absolute Gasteiger partial charge is 0.0367 e. The van der Waals surface area contributed by atoms with Crippen molar-refractivity contribution in [3.8, 4) is 0 Å². The Morgan fingerprint density at radius 2 is 1.90 bits per heavy atom. The normalized spacial score (nSPS) is 19.4. The van der Waals surface area contributed by atoms with Crippen LogP contribution in [0, 0.1) is 13.8 Å². The Morgan fingerprint density at radius 1 is 1.10 bits per heavy atom. The van der Waals surface area contributed by atoms with Crippen LogP contribution < -0.4 is 5.73 Å². The average molecular weight is 265 g/mol. The summed E-state index contributed by atoms with van der Waals surface area (Å²) in [7, 11) is 0. The van der Waals surface area contributed by atoms with Gasteiger partial charge in [0.15, 0.2) is 0 Å². The zero-order valence-corrected chi connectivity index (χ0v) is 12.4. The van der Waals surface area contributed by atoms with Crippen molar-refractivity contribution in [3.63, 3.8) is 0 Å². The molecule has 0 aliphatic heterocycles. The summed E-state index contributed by atoms with van der Waals surface area (Å²) in [5, 5.41) is 0. The fourth-order valence-electron chi connectivity index (χ4n) is 3.58. The van der Waals surface area contributed by atoms with E-state index in [4.69, 9.17) is 5.73 Å². The number of hydrogen-bond acceptors (Lipinski definition) is 1. The summed E-state index contributed by atoms with van der Waals surface area (Å²) in [5.74, 6) is 0.460. The van der Waals surface area contributed by atoms with Crippen LogP contribution >= 0.6 is 0 Å². The van der Waals surface area contributed by atoms with E-state index in [-0.39, 0.29) is 6.04 Å². The minimum Gasteiger partial charge on any atom is -0.323 e. The molecule has 0 radical (unpaired) electrons. The highest BCUT2D eigenvalue weighted by Crippen LogP contribution is 2.39. The van der Waals surface area contributed by atoms with Crippen LogP contribution in [0.3, 0.4) is 0 Å². The van der Waals surface area contributed by atoms with Crippen molar-refractivity contribution in [1.29, 1.82) is 0 Å². The molecule has 2 atom stereocenters. The second-order valence-electron chi connectivity index (χ2n) is 6.08. The molecule has 0 saturated carbocycles. The highest BCUT2D eigenvalue weighted by molar-refractivity contribution is 5.39. The van der Waals surface area contributed by atoms with Crippen LogP contribution in [0.1, 0.15) is 52.6 Å². The van der Waals surface area contributed by atoms with Crippen LogP contribution in [0.2, 0.25) is 0 Å². The summed E-state index contributed by atoms with van der Waals surface area (Å²) in [4.78, 5) is 0. The largest absolute Gasteiger partial charge is 0.323 e. The quantitative estimate of drug-likeness (QED) is 0.854. The number of nitrogens with two attached hydrogens (primary N) is 1. The van der Waals surface area contributed by atoms with Gasteiger partial charge in [-0.2, -0.15) is 0 Å². The monoisotopic (exact) mass is 265 g/mol. The summed E-state index contributed by atoms with van der Waals surface area (Å²) >= 11 is 0. The van der Waals surface area contributed by atoms with Crippen molar-refractivity contribution < 1.29 is 0 Å². The maximum atomic E-state index is 6.64. The predicted octanol–water partition coefficient (Wildman–Crippen LogP) is 4.42. The van der Waals surface area contributed by atoms with Gasteiger partial charge in [-0.15, -0.1) is 0 Å². The fourth-order valence-corrected chi connectivity index (χ4v) is 3.58. The molecule has 0 spiro atoms. The van der Waals surface area contributed by atoms with Crippen molar-refractivity contribution in [2.24, 2.45) is 5.73 Å². The molecule has 2 aromatic rings. The van der Waals surface area contributed by atoms with E-state index in [1.54, 1.807) is 0 Å². The number of rotatable bonds is 2. The van der Waals surface area contributed by atoms with Crippen molar-refractivity contribution in [2.75, 3.05) is 0 Å². The summed E-state index contributed by atoms with van der Waals surface area (Å²) < 4.78 is 0. The Labute approximate surface area is 121 Å². The summed E-state index contributed by atoms with van der Waals surface area (Å²) in [6, 6.07) is 15.6. The van der Waals surface area contributed by atoms with Gasteiger partial charge >= 0.3 is 0 Å². The lowest BCUT2D eigenvalue weighted by molar-refractivity contribution is 0.473. The Balaban J connectivity index is 1.97. The summed E-state index contributed by atoms with van der Waals surface area (Å²) in [6.45, 7) is 4.31. The molecular formula is C19H23N. The number of fused-ring (bicyclic) bond motifs is 1. The molecule has 2 aromatic carbocycles. The first kappa shape index (κ1) is 13.4. The Morgan fingerprint density at radius 3 is 2.70 bits per heavy atom. The highest BCUT2D eigenvalue weighted by atomic mass is 14.7. The first-order valence-corrected chi connectivity index (χ1v) is 7.57. The van der Waals surface area contributed by atoms with Crippen LogP contribution in [0.25, 0.3) is 0 Å². The second kappa shape index (κ2) is 5.41. The van der Waals surface area contributed by atoms with Gasteiger partial charge in [-0.25, -0.2) is 0 Å². The Kier molecular flexibility index (Phi) is 3.62. The molecule has 0 amide bonds. The zero-order valence-electron chi connectivity index (χ0n) is 12.4. The summed E-state index contributed by atoms with van der Waals surface area (Å²) in [5.41, 5.74) is 13.5. The van der Waals surface area contributed by atoms with Gasteiger partial charge in [0.25, 0.3) is 0 Å². The van der Waals surface area contributed by atoms with Gasteiger partial charge in [-0.1, -0.05) is 48.0 Å². The topological polar surface area (TPSA) is 26.0 Å². The first-order chi connectivity index (χ1) is 9.66. The molecule has 0 bridgehead atoms.